The van der Waals surface area contributed by atoms with Crippen LogP contribution in [-0.2, 0) is 14.3 Å². The predicted octanol–water partition coefficient (Wildman–Crippen LogP) is 4.28. The van der Waals surface area contributed by atoms with Crippen LogP contribution in [0, 0.1) is 0 Å². The van der Waals surface area contributed by atoms with Gasteiger partial charge in [0, 0.05) is 40.8 Å². The third-order valence-corrected chi connectivity index (χ3v) is 5.62. The Morgan fingerprint density at radius 1 is 1.18 bits per heavy atom. The number of methoxy groups -OCH3 is 1. The molecule has 0 atom stereocenters. The topological polar surface area (TPSA) is 126 Å². The molecule has 0 bridgehead atoms. The van der Waals surface area contributed by atoms with Gasteiger partial charge in [-0.25, -0.2) is 9.97 Å². The van der Waals surface area contributed by atoms with Crippen LogP contribution >= 0.6 is 15.9 Å². The molecule has 3 aromatic rings. The van der Waals surface area contributed by atoms with E-state index < -0.39 is 11.6 Å². The Bertz CT molecular complexity index is 1310. The SMILES string of the molecule is COc1cc2ncnc(Nc3cccc(Br)c3)c2cc1NC(=O)/C=C/CN(CCO)CC(=O)OC(C)(C)C. The number of anilines is 3. The number of aliphatic hydroxyl groups excluding tert-OH is 1. The summed E-state index contributed by atoms with van der Waals surface area (Å²) in [6.45, 7) is 5.77. The number of halogens is 1. The van der Waals surface area contributed by atoms with Crippen LogP contribution in [-0.4, -0.2) is 70.8 Å². The van der Waals surface area contributed by atoms with Gasteiger partial charge in [-0.3, -0.25) is 14.5 Å². The van der Waals surface area contributed by atoms with Crippen LogP contribution in [0.3, 0.4) is 0 Å². The number of hydrogen-bond donors (Lipinski definition) is 3. The van der Waals surface area contributed by atoms with Crippen LogP contribution in [0.1, 0.15) is 20.8 Å². The molecular weight excluding hydrogens is 554 g/mol. The number of amides is 1. The molecule has 0 unspecified atom stereocenters. The third kappa shape index (κ3) is 8.79. The number of benzene rings is 2. The molecule has 0 radical (unpaired) electrons. The average molecular weight is 586 g/mol. The highest BCUT2D eigenvalue weighted by atomic mass is 79.9. The van der Waals surface area contributed by atoms with Gasteiger partial charge in [0.05, 0.1) is 31.5 Å². The Labute approximate surface area is 230 Å². The monoisotopic (exact) mass is 585 g/mol. The van der Waals surface area contributed by atoms with Gasteiger partial charge in [-0.2, -0.15) is 0 Å². The smallest absolute Gasteiger partial charge is 0.320 e. The van der Waals surface area contributed by atoms with E-state index in [4.69, 9.17) is 9.47 Å². The number of aliphatic hydroxyl groups is 1. The Balaban J connectivity index is 1.74. The summed E-state index contributed by atoms with van der Waals surface area (Å²) < 4.78 is 11.7. The van der Waals surface area contributed by atoms with E-state index in [-0.39, 0.29) is 32.1 Å². The van der Waals surface area contributed by atoms with E-state index in [0.717, 1.165) is 10.2 Å². The number of ether oxygens (including phenoxy) is 2. The molecule has 202 valence electrons. The van der Waals surface area contributed by atoms with Crippen molar-refractivity contribution in [3.63, 3.8) is 0 Å². The molecule has 38 heavy (non-hydrogen) atoms. The summed E-state index contributed by atoms with van der Waals surface area (Å²) in [5, 5.41) is 16.1. The number of nitrogens with zero attached hydrogens (tertiary/aromatic N) is 3. The minimum absolute atomic E-state index is 0.00392. The molecule has 11 heteroatoms. The standard InChI is InChI=1S/C27H32BrN5O5/c1-27(2,3)38-25(36)16-33(11-12-34)10-6-9-24(35)32-22-14-20-21(15-23(22)37-4)29-17-30-26(20)31-19-8-5-7-18(28)13-19/h5-9,13-15,17,34H,10-12,16H2,1-4H3,(H,32,35)(H,29,30,31)/b9-6+. The van der Waals surface area contributed by atoms with Gasteiger partial charge in [0.2, 0.25) is 5.91 Å². The second-order valence-electron chi connectivity index (χ2n) is 9.36. The summed E-state index contributed by atoms with van der Waals surface area (Å²) in [4.78, 5) is 35.2. The number of nitrogens with one attached hydrogen (secondary N) is 2. The molecule has 0 aliphatic carbocycles. The molecule has 3 N–H and O–H groups in total. The van der Waals surface area contributed by atoms with Gasteiger partial charge in [-0.1, -0.05) is 28.1 Å². The van der Waals surface area contributed by atoms with Crippen LogP contribution in [0.5, 0.6) is 5.75 Å². The minimum Gasteiger partial charge on any atom is -0.494 e. The summed E-state index contributed by atoms with van der Waals surface area (Å²) in [5.74, 6) is 0.225. The lowest BCUT2D eigenvalue weighted by Crippen LogP contribution is -2.36. The fourth-order valence-electron chi connectivity index (χ4n) is 3.57. The maximum atomic E-state index is 12.7. The Hall–Kier alpha value is -3.54. The van der Waals surface area contributed by atoms with Gasteiger partial charge in [0.25, 0.3) is 0 Å². The predicted molar refractivity (Wildman–Crippen MR) is 151 cm³/mol. The highest BCUT2D eigenvalue weighted by Gasteiger charge is 2.18. The maximum absolute atomic E-state index is 12.7. The van der Waals surface area contributed by atoms with E-state index in [9.17, 15) is 14.7 Å². The summed E-state index contributed by atoms with van der Waals surface area (Å²) in [6, 6.07) is 11.2. The summed E-state index contributed by atoms with van der Waals surface area (Å²) >= 11 is 3.46. The van der Waals surface area contributed by atoms with Crippen LogP contribution in [0.25, 0.3) is 10.9 Å². The molecule has 1 aromatic heterocycles. The Kier molecular flexibility index (Phi) is 10.2. The maximum Gasteiger partial charge on any atom is 0.320 e. The van der Waals surface area contributed by atoms with Crippen LogP contribution < -0.4 is 15.4 Å². The van der Waals surface area contributed by atoms with Gasteiger partial charge in [0.15, 0.2) is 0 Å². The largest absolute Gasteiger partial charge is 0.494 e. The van der Waals surface area contributed by atoms with Crippen molar-refractivity contribution >= 4 is 55.9 Å². The lowest BCUT2D eigenvalue weighted by Gasteiger charge is -2.23. The minimum atomic E-state index is -0.602. The first-order chi connectivity index (χ1) is 18.1. The van der Waals surface area contributed by atoms with Crippen LogP contribution in [0.2, 0.25) is 0 Å². The van der Waals surface area contributed by atoms with E-state index in [1.165, 1.54) is 19.5 Å². The van der Waals surface area contributed by atoms with Crippen molar-refractivity contribution in [2.75, 3.05) is 44.0 Å². The van der Waals surface area contributed by atoms with Crippen molar-refractivity contribution in [2.24, 2.45) is 0 Å². The van der Waals surface area contributed by atoms with Gasteiger partial charge >= 0.3 is 5.97 Å². The third-order valence-electron chi connectivity index (χ3n) is 5.12. The van der Waals surface area contributed by atoms with Crippen molar-refractivity contribution < 1.29 is 24.2 Å². The molecule has 0 saturated heterocycles. The average Bonchev–Trinajstić information content (AvgIpc) is 2.83. The lowest BCUT2D eigenvalue weighted by molar-refractivity contribution is -0.156. The summed E-state index contributed by atoms with van der Waals surface area (Å²) in [5.41, 5.74) is 1.32. The van der Waals surface area contributed by atoms with Crippen molar-refractivity contribution in [3.05, 3.63) is 59.4 Å². The van der Waals surface area contributed by atoms with Crippen molar-refractivity contribution in [1.82, 2.24) is 14.9 Å². The van der Waals surface area contributed by atoms with Crippen molar-refractivity contribution in [2.45, 2.75) is 26.4 Å². The molecule has 1 heterocycles. The number of carbonyl (C=O) groups is 2. The number of aromatic nitrogens is 2. The summed E-state index contributed by atoms with van der Waals surface area (Å²) in [6.07, 6.45) is 4.44. The molecular formula is C27H32BrN5O5. The first-order valence-corrected chi connectivity index (χ1v) is 12.7. The van der Waals surface area contributed by atoms with E-state index in [1.54, 1.807) is 43.9 Å². The Morgan fingerprint density at radius 2 is 1.97 bits per heavy atom. The highest BCUT2D eigenvalue weighted by molar-refractivity contribution is 9.10. The number of rotatable bonds is 11. The van der Waals surface area contributed by atoms with Crippen molar-refractivity contribution in [1.29, 1.82) is 0 Å². The fourth-order valence-corrected chi connectivity index (χ4v) is 3.97. The van der Waals surface area contributed by atoms with E-state index >= 15 is 0 Å². The number of carbonyl (C=O) groups excluding carboxylic acids is 2. The summed E-state index contributed by atoms with van der Waals surface area (Å²) in [7, 11) is 1.51. The van der Waals surface area contributed by atoms with Gasteiger partial charge in [-0.15, -0.1) is 0 Å². The van der Waals surface area contributed by atoms with Crippen LogP contribution in [0.15, 0.2) is 59.4 Å². The molecule has 1 amide bonds. The second-order valence-corrected chi connectivity index (χ2v) is 10.3. The highest BCUT2D eigenvalue weighted by Crippen LogP contribution is 2.33. The lowest BCUT2D eigenvalue weighted by atomic mass is 10.2. The zero-order valence-electron chi connectivity index (χ0n) is 21.8. The number of fused-ring (bicyclic) bond motifs is 1. The molecule has 0 fully saturated rings. The fraction of sp³-hybridized carbons (Fsp3) is 0.333. The molecule has 0 spiro atoms. The molecule has 3 rings (SSSR count). The molecule has 0 saturated carbocycles. The quantitative estimate of drug-likeness (QED) is 0.223. The van der Waals surface area contributed by atoms with Gasteiger partial charge < -0.3 is 25.2 Å². The first-order valence-electron chi connectivity index (χ1n) is 12.0. The molecule has 10 nitrogen and oxygen atoms in total. The van der Waals surface area contributed by atoms with E-state index in [2.05, 4.69) is 36.5 Å². The van der Waals surface area contributed by atoms with Gasteiger partial charge in [-0.05, 0) is 45.0 Å². The normalized spacial score (nSPS) is 11.7. The zero-order chi connectivity index (χ0) is 27.7. The van der Waals surface area contributed by atoms with Crippen molar-refractivity contribution in [3.8, 4) is 5.75 Å². The van der Waals surface area contributed by atoms with E-state index in [0.29, 0.717) is 28.2 Å². The molecule has 0 aliphatic rings. The van der Waals surface area contributed by atoms with E-state index in [1.807, 2.05) is 24.3 Å². The van der Waals surface area contributed by atoms with Crippen LogP contribution in [0.4, 0.5) is 17.2 Å². The second kappa shape index (κ2) is 13.3. The Morgan fingerprint density at radius 3 is 2.66 bits per heavy atom. The number of hydrogen-bond acceptors (Lipinski definition) is 9. The molecule has 2 aromatic carbocycles. The molecule has 0 aliphatic heterocycles. The zero-order valence-corrected chi connectivity index (χ0v) is 23.4. The number of esters is 1. The first kappa shape index (κ1) is 29.0. The van der Waals surface area contributed by atoms with Gasteiger partial charge in [0.1, 0.15) is 23.5 Å².